The number of rotatable bonds is 2. The number of para-hydroxylation sites is 1. The van der Waals surface area contributed by atoms with Crippen molar-refractivity contribution >= 4 is 23.1 Å². The molecule has 1 heteroatoms. The Morgan fingerprint density at radius 3 is 2.41 bits per heavy atom. The summed E-state index contributed by atoms with van der Waals surface area (Å²) in [5, 5.41) is 1.15. The molecule has 1 nitrogen and oxygen atoms in total. The first-order valence-corrected chi connectivity index (χ1v) is 5.63. The highest BCUT2D eigenvalue weighted by atomic mass is 16.3. The Bertz CT molecular complexity index is 647. The van der Waals surface area contributed by atoms with Crippen LogP contribution < -0.4 is 0 Å². The summed E-state index contributed by atoms with van der Waals surface area (Å²) in [7, 11) is 0. The lowest BCUT2D eigenvalue weighted by molar-refractivity contribution is 0.615. The van der Waals surface area contributed by atoms with E-state index in [9.17, 15) is 0 Å². The fourth-order valence-corrected chi connectivity index (χ4v) is 1.88. The van der Waals surface area contributed by atoms with E-state index >= 15 is 0 Å². The van der Waals surface area contributed by atoms with Crippen LogP contribution in [0.5, 0.6) is 0 Å². The first-order chi connectivity index (χ1) is 8.43. The third-order valence-electron chi connectivity index (χ3n) is 2.77. The van der Waals surface area contributed by atoms with Gasteiger partial charge in [-0.3, -0.25) is 0 Å². The zero-order chi connectivity index (χ0) is 11.5. The van der Waals surface area contributed by atoms with Gasteiger partial charge in [0.15, 0.2) is 0 Å². The molecule has 0 amide bonds. The minimum Gasteiger partial charge on any atom is -0.464 e. The minimum absolute atomic E-state index is 0.931. The van der Waals surface area contributed by atoms with E-state index in [2.05, 4.69) is 30.4 Å². The average Bonchev–Trinajstić information content (AvgIpc) is 2.81. The molecule has 0 saturated carbocycles. The lowest BCUT2D eigenvalue weighted by Crippen LogP contribution is -1.70. The molecular formula is C16H12O. The van der Waals surface area contributed by atoms with Crippen LogP contribution >= 0.6 is 0 Å². The van der Waals surface area contributed by atoms with Crippen molar-refractivity contribution in [3.8, 4) is 0 Å². The van der Waals surface area contributed by atoms with Crippen LogP contribution in [0.2, 0.25) is 0 Å². The van der Waals surface area contributed by atoms with Crippen molar-refractivity contribution in [2.45, 2.75) is 0 Å². The smallest absolute Gasteiger partial charge is 0.134 e. The molecule has 82 valence electrons. The summed E-state index contributed by atoms with van der Waals surface area (Å²) in [6.45, 7) is 0. The molecule has 0 unspecified atom stereocenters. The molecule has 2 aromatic carbocycles. The van der Waals surface area contributed by atoms with Crippen LogP contribution in [0, 0.1) is 0 Å². The molecule has 0 aliphatic heterocycles. The number of fused-ring (bicyclic) bond motifs is 1. The van der Waals surface area contributed by atoms with Crippen molar-refractivity contribution in [1.82, 2.24) is 0 Å². The van der Waals surface area contributed by atoms with Gasteiger partial charge >= 0.3 is 0 Å². The summed E-state index contributed by atoms with van der Waals surface area (Å²) < 4.78 is 5.49. The Kier molecular flexibility index (Phi) is 2.51. The van der Waals surface area contributed by atoms with Gasteiger partial charge in [0.2, 0.25) is 0 Å². The number of hydrogen-bond donors (Lipinski definition) is 0. The molecule has 0 N–H and O–H groups in total. The van der Waals surface area contributed by atoms with Crippen LogP contribution in [-0.2, 0) is 0 Å². The first-order valence-electron chi connectivity index (χ1n) is 5.63. The first kappa shape index (κ1) is 9.91. The highest BCUT2D eigenvalue weighted by Gasteiger charge is 2.00. The van der Waals surface area contributed by atoms with E-state index in [4.69, 9.17) is 4.42 Å². The predicted octanol–water partition coefficient (Wildman–Crippen LogP) is 4.60. The van der Waals surface area contributed by atoms with E-state index in [1.165, 1.54) is 5.56 Å². The van der Waals surface area contributed by atoms with Gasteiger partial charge in [0.25, 0.3) is 0 Å². The largest absolute Gasteiger partial charge is 0.464 e. The maximum absolute atomic E-state index is 5.49. The Hall–Kier alpha value is -2.28. The summed E-state index contributed by atoms with van der Waals surface area (Å²) in [4.78, 5) is 0. The molecule has 3 aromatic rings. The molecule has 1 heterocycles. The van der Waals surface area contributed by atoms with Crippen molar-refractivity contribution < 1.29 is 4.42 Å². The van der Waals surface area contributed by atoms with Gasteiger partial charge in [0.05, 0.1) is 6.26 Å². The highest BCUT2D eigenvalue weighted by Crippen LogP contribution is 2.22. The summed E-state index contributed by atoms with van der Waals surface area (Å²) in [6, 6.07) is 18.3. The zero-order valence-corrected chi connectivity index (χ0v) is 9.34. The van der Waals surface area contributed by atoms with Crippen molar-refractivity contribution in [2.24, 2.45) is 0 Å². The normalized spacial score (nSPS) is 11.3. The van der Waals surface area contributed by atoms with Crippen molar-refractivity contribution in [3.05, 3.63) is 72.0 Å². The third-order valence-corrected chi connectivity index (χ3v) is 2.77. The Balaban J connectivity index is 1.98. The van der Waals surface area contributed by atoms with Gasteiger partial charge in [0.1, 0.15) is 5.58 Å². The molecule has 0 fully saturated rings. The summed E-state index contributed by atoms with van der Waals surface area (Å²) in [5.41, 5.74) is 3.24. The van der Waals surface area contributed by atoms with Gasteiger partial charge in [-0.1, -0.05) is 60.7 Å². The molecular weight excluding hydrogens is 208 g/mol. The molecule has 0 spiro atoms. The van der Waals surface area contributed by atoms with E-state index in [-0.39, 0.29) is 0 Å². The predicted molar refractivity (Wildman–Crippen MR) is 71.6 cm³/mol. The van der Waals surface area contributed by atoms with Gasteiger partial charge < -0.3 is 4.42 Å². The van der Waals surface area contributed by atoms with Gasteiger partial charge in [0, 0.05) is 10.9 Å². The molecule has 0 radical (unpaired) electrons. The van der Waals surface area contributed by atoms with Crippen LogP contribution in [0.15, 0.2) is 65.3 Å². The molecule has 3 rings (SSSR count). The van der Waals surface area contributed by atoms with Gasteiger partial charge in [-0.05, 0) is 11.6 Å². The third kappa shape index (κ3) is 2.00. The van der Waals surface area contributed by atoms with Gasteiger partial charge in [-0.25, -0.2) is 0 Å². The minimum atomic E-state index is 0.931. The topological polar surface area (TPSA) is 13.1 Å². The Morgan fingerprint density at radius 2 is 1.53 bits per heavy atom. The van der Waals surface area contributed by atoms with Crippen LogP contribution in [0.25, 0.3) is 23.1 Å². The summed E-state index contributed by atoms with van der Waals surface area (Å²) >= 11 is 0. The van der Waals surface area contributed by atoms with Gasteiger partial charge in [-0.2, -0.15) is 0 Å². The molecule has 0 saturated heterocycles. The SMILES string of the molecule is C(=Cc1coc2ccccc12)c1ccccc1. The van der Waals surface area contributed by atoms with Crippen molar-refractivity contribution in [2.75, 3.05) is 0 Å². The quantitative estimate of drug-likeness (QED) is 0.615. The van der Waals surface area contributed by atoms with E-state index in [1.54, 1.807) is 6.26 Å². The standard InChI is InChI=1S/C16H12O/c1-2-6-13(7-3-1)10-11-14-12-17-16-9-5-4-8-15(14)16/h1-12H. The molecule has 17 heavy (non-hydrogen) atoms. The molecule has 0 aliphatic rings. The Morgan fingerprint density at radius 1 is 0.765 bits per heavy atom. The fourth-order valence-electron chi connectivity index (χ4n) is 1.88. The lowest BCUT2D eigenvalue weighted by atomic mass is 10.1. The number of furan rings is 1. The second-order valence-corrected chi connectivity index (χ2v) is 3.93. The monoisotopic (exact) mass is 220 g/mol. The van der Waals surface area contributed by atoms with E-state index in [0.717, 1.165) is 16.5 Å². The van der Waals surface area contributed by atoms with E-state index in [1.807, 2.05) is 36.4 Å². The van der Waals surface area contributed by atoms with Crippen molar-refractivity contribution in [1.29, 1.82) is 0 Å². The van der Waals surface area contributed by atoms with E-state index < -0.39 is 0 Å². The maximum Gasteiger partial charge on any atom is 0.134 e. The second kappa shape index (κ2) is 4.30. The number of hydrogen-bond acceptors (Lipinski definition) is 1. The summed E-state index contributed by atoms with van der Waals surface area (Å²) in [6.07, 6.45) is 5.97. The van der Waals surface area contributed by atoms with Crippen LogP contribution in [0.3, 0.4) is 0 Å². The van der Waals surface area contributed by atoms with E-state index in [0.29, 0.717) is 0 Å². The molecule has 0 atom stereocenters. The molecule has 0 aliphatic carbocycles. The van der Waals surface area contributed by atoms with Crippen LogP contribution in [0.4, 0.5) is 0 Å². The second-order valence-electron chi connectivity index (χ2n) is 3.93. The lowest BCUT2D eigenvalue weighted by Gasteiger charge is -1.91. The van der Waals surface area contributed by atoms with Crippen LogP contribution in [0.1, 0.15) is 11.1 Å². The van der Waals surface area contributed by atoms with Gasteiger partial charge in [-0.15, -0.1) is 0 Å². The maximum atomic E-state index is 5.49. The van der Waals surface area contributed by atoms with Crippen LogP contribution in [-0.4, -0.2) is 0 Å². The summed E-state index contributed by atoms with van der Waals surface area (Å²) in [5.74, 6) is 0. The Labute approximate surface area is 100 Å². The zero-order valence-electron chi connectivity index (χ0n) is 9.34. The molecule has 0 bridgehead atoms. The fraction of sp³-hybridized carbons (Fsp3) is 0. The average molecular weight is 220 g/mol. The highest BCUT2D eigenvalue weighted by molar-refractivity contribution is 5.89. The van der Waals surface area contributed by atoms with Crippen molar-refractivity contribution in [3.63, 3.8) is 0 Å². The molecule has 1 aromatic heterocycles. The number of benzene rings is 2.